The maximum atomic E-state index is 13.3. The van der Waals surface area contributed by atoms with Crippen LogP contribution in [0.2, 0.25) is 0 Å². The van der Waals surface area contributed by atoms with Crippen LogP contribution in [0.25, 0.3) is 0 Å². The number of para-hydroxylation sites is 1. The van der Waals surface area contributed by atoms with E-state index in [0.717, 1.165) is 16.8 Å². The molecule has 2 aliphatic rings. The van der Waals surface area contributed by atoms with Crippen LogP contribution >= 0.6 is 0 Å². The maximum Gasteiger partial charge on any atom is 0.290 e. The van der Waals surface area contributed by atoms with E-state index in [4.69, 9.17) is 9.90 Å². The Morgan fingerprint density at radius 3 is 2.66 bits per heavy atom. The Labute approximate surface area is 182 Å². The number of nitrogens with one attached hydrogen (secondary N) is 2. The van der Waals surface area contributed by atoms with Crippen molar-refractivity contribution >= 4 is 24.0 Å². The van der Waals surface area contributed by atoms with Crippen LogP contribution in [-0.2, 0) is 15.0 Å². The third-order valence-corrected chi connectivity index (χ3v) is 5.80. The van der Waals surface area contributed by atoms with Crippen LogP contribution in [0.5, 0.6) is 0 Å². The Kier molecular flexibility index (Phi) is 5.50. The molecule has 4 heterocycles. The summed E-state index contributed by atoms with van der Waals surface area (Å²) in [6.45, 7) is 0.0779. The van der Waals surface area contributed by atoms with Crippen molar-refractivity contribution in [1.29, 1.82) is 0 Å². The van der Waals surface area contributed by atoms with E-state index in [1.165, 1.54) is 12.5 Å². The molecule has 32 heavy (non-hydrogen) atoms. The molecule has 162 valence electrons. The standard InChI is InChI=1S/C21H17N5O3.CH2O2/c27-18-14(11-23-12-24-18)19(28)26-9-7-21(17(26)13-4-3-8-22-10-13)15-5-1-2-6-16(15)25-20(21)29;2-1-3/h1-6,8,10-12,17H,7,9H2,(H,25,29)(H,23,24,27);1H,(H,2,3). The van der Waals surface area contributed by atoms with Gasteiger partial charge >= 0.3 is 0 Å². The number of hydrogen-bond donors (Lipinski definition) is 3. The number of pyridine rings is 1. The number of carboxylic acid groups (broad SMARTS) is 1. The van der Waals surface area contributed by atoms with Crippen molar-refractivity contribution in [2.45, 2.75) is 17.9 Å². The zero-order valence-electron chi connectivity index (χ0n) is 16.8. The van der Waals surface area contributed by atoms with E-state index in [1.807, 2.05) is 30.3 Å². The first kappa shape index (κ1) is 20.9. The Balaban J connectivity index is 0.000000775. The van der Waals surface area contributed by atoms with Gasteiger partial charge in [0.1, 0.15) is 11.0 Å². The van der Waals surface area contributed by atoms with Crippen molar-refractivity contribution < 1.29 is 19.5 Å². The van der Waals surface area contributed by atoms with Gasteiger partial charge < -0.3 is 20.3 Å². The first-order valence-corrected chi connectivity index (χ1v) is 9.77. The molecule has 2 aliphatic heterocycles. The minimum atomic E-state index is -0.940. The summed E-state index contributed by atoms with van der Waals surface area (Å²) < 4.78 is 0. The summed E-state index contributed by atoms with van der Waals surface area (Å²) in [5.41, 5.74) is 0.849. The number of likely N-dealkylation sites (tertiary alicyclic amines) is 1. The minimum absolute atomic E-state index is 0.0508. The van der Waals surface area contributed by atoms with Crippen LogP contribution in [0.1, 0.15) is 33.9 Å². The summed E-state index contributed by atoms with van der Waals surface area (Å²) in [5.74, 6) is -0.606. The molecule has 2 amide bonds. The lowest BCUT2D eigenvalue weighted by molar-refractivity contribution is -0.123. The number of hydrogen-bond acceptors (Lipinski definition) is 6. The van der Waals surface area contributed by atoms with E-state index in [9.17, 15) is 14.4 Å². The number of benzene rings is 1. The minimum Gasteiger partial charge on any atom is -0.483 e. The van der Waals surface area contributed by atoms with Crippen LogP contribution in [0, 0.1) is 0 Å². The van der Waals surface area contributed by atoms with Gasteiger partial charge in [-0.3, -0.25) is 24.2 Å². The highest BCUT2D eigenvalue weighted by Gasteiger charge is 2.59. The molecule has 3 N–H and O–H groups in total. The van der Waals surface area contributed by atoms with Gasteiger partial charge in [0.15, 0.2) is 0 Å². The fourth-order valence-corrected chi connectivity index (χ4v) is 4.56. The monoisotopic (exact) mass is 433 g/mol. The van der Waals surface area contributed by atoms with Gasteiger partial charge in [-0.15, -0.1) is 0 Å². The third-order valence-electron chi connectivity index (χ3n) is 5.80. The van der Waals surface area contributed by atoms with E-state index in [1.54, 1.807) is 23.4 Å². The van der Waals surface area contributed by atoms with Crippen molar-refractivity contribution in [3.63, 3.8) is 0 Å². The van der Waals surface area contributed by atoms with Crippen molar-refractivity contribution in [3.05, 3.63) is 88.4 Å². The lowest BCUT2D eigenvalue weighted by Crippen LogP contribution is -2.43. The molecule has 2 unspecified atom stereocenters. The van der Waals surface area contributed by atoms with Gasteiger partial charge in [-0.2, -0.15) is 0 Å². The Bertz CT molecular complexity index is 1230. The number of aromatic amines is 1. The highest BCUT2D eigenvalue weighted by Crippen LogP contribution is 2.54. The summed E-state index contributed by atoms with van der Waals surface area (Å²) in [7, 11) is 0. The summed E-state index contributed by atoms with van der Waals surface area (Å²) in [5, 5.41) is 9.85. The topological polar surface area (TPSA) is 145 Å². The van der Waals surface area contributed by atoms with Crippen LogP contribution < -0.4 is 10.9 Å². The quantitative estimate of drug-likeness (QED) is 0.517. The van der Waals surface area contributed by atoms with Crippen LogP contribution in [0.15, 0.2) is 66.1 Å². The zero-order valence-corrected chi connectivity index (χ0v) is 16.8. The maximum absolute atomic E-state index is 13.3. The second kappa shape index (κ2) is 8.42. The largest absolute Gasteiger partial charge is 0.483 e. The van der Waals surface area contributed by atoms with Crippen LogP contribution in [0.3, 0.4) is 0 Å². The van der Waals surface area contributed by atoms with Crippen molar-refractivity contribution in [3.8, 4) is 0 Å². The second-order valence-corrected chi connectivity index (χ2v) is 7.31. The number of fused-ring (bicyclic) bond motifs is 2. The molecule has 1 saturated heterocycles. The molecule has 0 radical (unpaired) electrons. The number of rotatable bonds is 2. The van der Waals surface area contributed by atoms with Gasteiger partial charge in [-0.25, -0.2) is 4.98 Å². The van der Waals surface area contributed by atoms with Crippen LogP contribution in [0.4, 0.5) is 5.69 Å². The lowest BCUT2D eigenvalue weighted by atomic mass is 9.73. The Morgan fingerprint density at radius 2 is 1.94 bits per heavy atom. The normalized spacial score (nSPS) is 20.8. The summed E-state index contributed by atoms with van der Waals surface area (Å²) >= 11 is 0. The molecule has 2 atom stereocenters. The zero-order chi connectivity index (χ0) is 22.7. The highest BCUT2D eigenvalue weighted by atomic mass is 16.3. The molecular weight excluding hydrogens is 414 g/mol. The highest BCUT2D eigenvalue weighted by molar-refractivity contribution is 6.08. The molecule has 10 heteroatoms. The van der Waals surface area contributed by atoms with E-state index in [-0.39, 0.29) is 17.9 Å². The molecular formula is C22H19N5O5. The summed E-state index contributed by atoms with van der Waals surface area (Å²) in [6, 6.07) is 10.6. The van der Waals surface area contributed by atoms with Gasteiger partial charge in [0.25, 0.3) is 17.9 Å². The SMILES string of the molecule is O=C(c1cnc[nH]c1=O)N1CCC2(C(=O)Nc3ccccc32)C1c1cccnc1.O=CO. The van der Waals surface area contributed by atoms with E-state index in [0.29, 0.717) is 13.0 Å². The fourth-order valence-electron chi connectivity index (χ4n) is 4.56. The van der Waals surface area contributed by atoms with Crippen molar-refractivity contribution in [2.24, 2.45) is 0 Å². The van der Waals surface area contributed by atoms with E-state index >= 15 is 0 Å². The number of aromatic nitrogens is 3. The smallest absolute Gasteiger partial charge is 0.290 e. The average Bonchev–Trinajstić information content (AvgIpc) is 3.34. The third kappa shape index (κ3) is 3.22. The molecule has 2 aromatic heterocycles. The Morgan fingerprint density at radius 1 is 1.16 bits per heavy atom. The predicted octanol–water partition coefficient (Wildman–Crippen LogP) is 1.34. The summed E-state index contributed by atoms with van der Waals surface area (Å²) in [6.07, 6.45) is 6.25. The molecule has 10 nitrogen and oxygen atoms in total. The number of carbonyl (C=O) groups excluding carboxylic acids is 2. The molecule has 5 rings (SSSR count). The van der Waals surface area contributed by atoms with Gasteiger partial charge in [-0.1, -0.05) is 24.3 Å². The van der Waals surface area contributed by atoms with Crippen molar-refractivity contribution in [1.82, 2.24) is 19.9 Å². The molecule has 1 aromatic carbocycles. The number of nitrogens with zero attached hydrogens (tertiary/aromatic N) is 3. The van der Waals surface area contributed by atoms with Gasteiger partial charge in [0.2, 0.25) is 5.91 Å². The number of amides is 2. The fraction of sp³-hybridized carbons (Fsp3) is 0.182. The molecule has 1 fully saturated rings. The Hall–Kier alpha value is -4.34. The molecule has 0 saturated carbocycles. The number of H-pyrrole nitrogens is 1. The van der Waals surface area contributed by atoms with Gasteiger partial charge in [0.05, 0.1) is 12.4 Å². The summed E-state index contributed by atoms with van der Waals surface area (Å²) in [4.78, 5) is 59.3. The number of anilines is 1. The lowest BCUT2D eigenvalue weighted by Gasteiger charge is -2.34. The molecule has 0 aliphatic carbocycles. The van der Waals surface area contributed by atoms with Crippen molar-refractivity contribution in [2.75, 3.05) is 11.9 Å². The van der Waals surface area contributed by atoms with Gasteiger partial charge in [-0.05, 0) is 29.7 Å². The van der Waals surface area contributed by atoms with Crippen LogP contribution in [-0.4, -0.2) is 49.8 Å². The van der Waals surface area contributed by atoms with E-state index < -0.39 is 22.9 Å². The predicted molar refractivity (Wildman–Crippen MR) is 113 cm³/mol. The van der Waals surface area contributed by atoms with Gasteiger partial charge in [0, 0.05) is 30.8 Å². The molecule has 3 aromatic rings. The van der Waals surface area contributed by atoms with E-state index in [2.05, 4.69) is 20.3 Å². The first-order chi connectivity index (χ1) is 15.5. The molecule has 0 bridgehead atoms. The molecule has 1 spiro atoms. The number of carbonyl (C=O) groups is 3. The average molecular weight is 433 g/mol. The second-order valence-electron chi connectivity index (χ2n) is 7.31. The first-order valence-electron chi connectivity index (χ1n) is 9.77.